The Bertz CT molecular complexity index is 622. The van der Waals surface area contributed by atoms with Gasteiger partial charge in [-0.3, -0.25) is 0 Å². The van der Waals surface area contributed by atoms with Crippen LogP contribution in [0.5, 0.6) is 11.5 Å². The second-order valence-corrected chi connectivity index (χ2v) is 6.95. The van der Waals surface area contributed by atoms with Gasteiger partial charge in [-0.15, -0.1) is 0 Å². The maximum atomic E-state index is 13.1. The Labute approximate surface area is 151 Å². The average molecular weight is 450 g/mol. The van der Waals surface area contributed by atoms with Crippen LogP contribution in [0.3, 0.4) is 0 Å². The molecule has 2 aromatic rings. The van der Waals surface area contributed by atoms with Gasteiger partial charge in [-0.2, -0.15) is 0 Å². The van der Waals surface area contributed by atoms with Crippen molar-refractivity contribution in [3.05, 3.63) is 57.0 Å². The van der Waals surface area contributed by atoms with E-state index in [1.54, 1.807) is 12.1 Å². The summed E-state index contributed by atoms with van der Waals surface area (Å²) < 4.78 is 38.9. The molecule has 0 amide bonds. The molecule has 0 spiro atoms. The summed E-state index contributed by atoms with van der Waals surface area (Å²) >= 11 is 6.55. The van der Waals surface area contributed by atoms with E-state index in [2.05, 4.69) is 31.9 Å². The average Bonchev–Trinajstić information content (AvgIpc) is 2.45. The fourth-order valence-corrected chi connectivity index (χ4v) is 3.03. The maximum Gasteiger partial charge on any atom is 0.134 e. The van der Waals surface area contributed by atoms with Gasteiger partial charge in [-0.1, -0.05) is 0 Å². The van der Waals surface area contributed by atoms with Crippen LogP contribution in [-0.4, -0.2) is 12.2 Å². The van der Waals surface area contributed by atoms with Crippen molar-refractivity contribution in [2.24, 2.45) is 0 Å². The lowest BCUT2D eigenvalue weighted by Gasteiger charge is -2.21. The van der Waals surface area contributed by atoms with Crippen molar-refractivity contribution < 1.29 is 18.3 Å². The van der Waals surface area contributed by atoms with Crippen LogP contribution in [0.4, 0.5) is 8.78 Å². The lowest BCUT2D eigenvalue weighted by Crippen LogP contribution is -2.23. The Morgan fingerprint density at radius 3 is 1.57 bits per heavy atom. The lowest BCUT2D eigenvalue weighted by atomic mass is 10.2. The van der Waals surface area contributed by atoms with E-state index in [4.69, 9.17) is 9.47 Å². The Balaban J connectivity index is 1.92. The van der Waals surface area contributed by atoms with Gasteiger partial charge < -0.3 is 9.47 Å². The highest BCUT2D eigenvalue weighted by molar-refractivity contribution is 9.10. The highest BCUT2D eigenvalue weighted by Crippen LogP contribution is 2.29. The van der Waals surface area contributed by atoms with Crippen LogP contribution in [0.1, 0.15) is 20.3 Å². The second-order valence-electron chi connectivity index (χ2n) is 5.24. The van der Waals surface area contributed by atoms with Gasteiger partial charge in [0.1, 0.15) is 23.1 Å². The normalized spacial score (nSPS) is 13.5. The van der Waals surface area contributed by atoms with Gasteiger partial charge in [-0.05, 0) is 82.1 Å². The number of ether oxygens (including phenoxy) is 2. The zero-order valence-electron chi connectivity index (χ0n) is 12.7. The van der Waals surface area contributed by atoms with E-state index >= 15 is 0 Å². The number of hydrogen-bond acceptors (Lipinski definition) is 2. The SMILES string of the molecule is C[C@H](C[C@@H](C)Oc1ccc(F)cc1Br)Oc1ccc(F)cc1Br. The highest BCUT2D eigenvalue weighted by atomic mass is 79.9. The van der Waals surface area contributed by atoms with Crippen LogP contribution in [-0.2, 0) is 0 Å². The molecule has 0 bridgehead atoms. The second kappa shape index (κ2) is 8.11. The third-order valence-electron chi connectivity index (χ3n) is 3.11. The highest BCUT2D eigenvalue weighted by Gasteiger charge is 2.15. The molecule has 0 heterocycles. The van der Waals surface area contributed by atoms with Crippen molar-refractivity contribution in [3.8, 4) is 11.5 Å². The van der Waals surface area contributed by atoms with Gasteiger partial charge in [-0.25, -0.2) is 8.78 Å². The number of halogens is 4. The van der Waals surface area contributed by atoms with Crippen LogP contribution in [0.15, 0.2) is 45.3 Å². The predicted molar refractivity (Wildman–Crippen MR) is 93.0 cm³/mol. The molecule has 2 atom stereocenters. The van der Waals surface area contributed by atoms with Crippen LogP contribution >= 0.6 is 31.9 Å². The molecule has 0 aromatic heterocycles. The summed E-state index contributed by atoms with van der Waals surface area (Å²) in [6.45, 7) is 3.82. The molecule has 0 aliphatic carbocycles. The van der Waals surface area contributed by atoms with Gasteiger partial charge in [0.25, 0.3) is 0 Å². The summed E-state index contributed by atoms with van der Waals surface area (Å²) in [6, 6.07) is 8.58. The first-order valence-corrected chi connectivity index (χ1v) is 8.67. The summed E-state index contributed by atoms with van der Waals surface area (Å²) in [7, 11) is 0. The molecular formula is C17H16Br2F2O2. The topological polar surface area (TPSA) is 18.5 Å². The minimum Gasteiger partial charge on any atom is -0.489 e. The molecule has 0 unspecified atom stereocenters. The summed E-state index contributed by atoms with van der Waals surface area (Å²) in [5, 5.41) is 0. The first-order chi connectivity index (χ1) is 10.8. The van der Waals surface area contributed by atoms with E-state index in [1.807, 2.05) is 13.8 Å². The molecule has 6 heteroatoms. The van der Waals surface area contributed by atoms with Crippen LogP contribution < -0.4 is 9.47 Å². The quantitative estimate of drug-likeness (QED) is 0.529. The molecular weight excluding hydrogens is 434 g/mol. The fourth-order valence-electron chi connectivity index (χ4n) is 2.14. The van der Waals surface area contributed by atoms with Crippen molar-refractivity contribution in [2.45, 2.75) is 32.5 Å². The molecule has 0 N–H and O–H groups in total. The summed E-state index contributed by atoms with van der Waals surface area (Å²) in [6.07, 6.45) is 0.352. The van der Waals surface area contributed by atoms with E-state index in [0.29, 0.717) is 26.9 Å². The van der Waals surface area contributed by atoms with Crippen molar-refractivity contribution >= 4 is 31.9 Å². The third-order valence-corrected chi connectivity index (χ3v) is 4.35. The van der Waals surface area contributed by atoms with Gasteiger partial charge >= 0.3 is 0 Å². The van der Waals surface area contributed by atoms with E-state index in [1.165, 1.54) is 24.3 Å². The molecule has 0 saturated carbocycles. The first-order valence-electron chi connectivity index (χ1n) is 7.08. The summed E-state index contributed by atoms with van der Waals surface area (Å²) in [4.78, 5) is 0. The molecule has 124 valence electrons. The van der Waals surface area contributed by atoms with Crippen molar-refractivity contribution in [2.75, 3.05) is 0 Å². The number of hydrogen-bond donors (Lipinski definition) is 0. The first kappa shape index (κ1) is 18.2. The van der Waals surface area contributed by atoms with Crippen molar-refractivity contribution in [1.82, 2.24) is 0 Å². The van der Waals surface area contributed by atoms with Gasteiger partial charge in [0.05, 0.1) is 21.2 Å². The number of rotatable bonds is 6. The maximum absolute atomic E-state index is 13.1. The molecule has 2 rings (SSSR count). The van der Waals surface area contributed by atoms with E-state index in [-0.39, 0.29) is 23.8 Å². The van der Waals surface area contributed by atoms with Crippen molar-refractivity contribution in [3.63, 3.8) is 0 Å². The van der Waals surface area contributed by atoms with E-state index in [0.717, 1.165) is 0 Å². The zero-order valence-corrected chi connectivity index (χ0v) is 15.8. The summed E-state index contributed by atoms with van der Waals surface area (Å²) in [5.41, 5.74) is 0. The number of benzene rings is 2. The third kappa shape index (κ3) is 5.46. The van der Waals surface area contributed by atoms with Gasteiger partial charge in [0.15, 0.2) is 0 Å². The van der Waals surface area contributed by atoms with Gasteiger partial charge in [0.2, 0.25) is 0 Å². The zero-order chi connectivity index (χ0) is 17.0. The Morgan fingerprint density at radius 1 is 0.826 bits per heavy atom. The summed E-state index contributed by atoms with van der Waals surface area (Å²) in [5.74, 6) is 0.507. The molecule has 0 fully saturated rings. The molecule has 23 heavy (non-hydrogen) atoms. The smallest absolute Gasteiger partial charge is 0.134 e. The fraction of sp³-hybridized carbons (Fsp3) is 0.294. The van der Waals surface area contributed by atoms with E-state index < -0.39 is 0 Å². The largest absolute Gasteiger partial charge is 0.489 e. The molecule has 2 aromatic carbocycles. The standard InChI is InChI=1S/C17H16Br2F2O2/c1-10(22-16-5-3-12(20)8-14(16)18)7-11(2)23-17-6-4-13(21)9-15(17)19/h3-6,8-11H,7H2,1-2H3/t10-,11-/m1/s1. The van der Waals surface area contributed by atoms with E-state index in [9.17, 15) is 8.78 Å². The minimum absolute atomic E-state index is 0.133. The van der Waals surface area contributed by atoms with Crippen LogP contribution in [0, 0.1) is 11.6 Å². The molecule has 0 radical (unpaired) electrons. The van der Waals surface area contributed by atoms with Gasteiger partial charge in [0, 0.05) is 6.42 Å². The molecule has 0 saturated heterocycles. The Morgan fingerprint density at radius 2 is 1.22 bits per heavy atom. The molecule has 0 aliphatic heterocycles. The lowest BCUT2D eigenvalue weighted by molar-refractivity contribution is 0.129. The minimum atomic E-state index is -0.324. The van der Waals surface area contributed by atoms with Crippen LogP contribution in [0.2, 0.25) is 0 Å². The predicted octanol–water partition coefficient (Wildman–Crippen LogP) is 6.11. The monoisotopic (exact) mass is 448 g/mol. The van der Waals surface area contributed by atoms with Crippen molar-refractivity contribution in [1.29, 1.82) is 0 Å². The Kier molecular flexibility index (Phi) is 6.41. The van der Waals surface area contributed by atoms with Crippen LogP contribution in [0.25, 0.3) is 0 Å². The molecule has 0 aliphatic rings. The Hall–Kier alpha value is -1.14. The molecule has 2 nitrogen and oxygen atoms in total.